The van der Waals surface area contributed by atoms with Gasteiger partial charge in [-0.05, 0) is 49.4 Å². The highest BCUT2D eigenvalue weighted by atomic mass is 16.5. The van der Waals surface area contributed by atoms with Gasteiger partial charge in [0.15, 0.2) is 0 Å². The fourth-order valence-corrected chi connectivity index (χ4v) is 2.35. The zero-order valence-corrected chi connectivity index (χ0v) is 13.2. The molecule has 0 heterocycles. The van der Waals surface area contributed by atoms with Crippen molar-refractivity contribution < 1.29 is 24.2 Å². The molecule has 2 N–H and O–H groups in total. The molecule has 0 aliphatic rings. The third kappa shape index (κ3) is 5.27. The van der Waals surface area contributed by atoms with Crippen LogP contribution in [0.15, 0.2) is 12.1 Å². The lowest BCUT2D eigenvalue weighted by Crippen LogP contribution is -2.32. The third-order valence-corrected chi connectivity index (χ3v) is 3.35. The Morgan fingerprint density at radius 2 is 1.86 bits per heavy atom. The van der Waals surface area contributed by atoms with E-state index in [4.69, 9.17) is 14.6 Å². The van der Waals surface area contributed by atoms with E-state index in [0.29, 0.717) is 18.6 Å². The van der Waals surface area contributed by atoms with Gasteiger partial charge in [-0.2, -0.15) is 0 Å². The van der Waals surface area contributed by atoms with Crippen LogP contribution >= 0.6 is 0 Å². The van der Waals surface area contributed by atoms with Crippen LogP contribution in [-0.4, -0.2) is 37.7 Å². The number of methoxy groups -OCH3 is 2. The number of rotatable bonds is 9. The lowest BCUT2D eigenvalue weighted by atomic mass is 10.00. The number of carbonyl (C=O) groups excluding carboxylic acids is 1. The average molecular weight is 309 g/mol. The monoisotopic (exact) mass is 309 g/mol. The second-order valence-corrected chi connectivity index (χ2v) is 5.09. The largest absolute Gasteiger partial charge is 0.496 e. The van der Waals surface area contributed by atoms with Crippen LogP contribution in [0.25, 0.3) is 0 Å². The van der Waals surface area contributed by atoms with Gasteiger partial charge in [0.2, 0.25) is 0 Å². The summed E-state index contributed by atoms with van der Waals surface area (Å²) < 4.78 is 10.8. The van der Waals surface area contributed by atoms with E-state index in [1.807, 2.05) is 12.1 Å². The smallest absolute Gasteiger partial charge is 0.404 e. The van der Waals surface area contributed by atoms with Crippen LogP contribution in [0.5, 0.6) is 11.5 Å². The van der Waals surface area contributed by atoms with Crippen LogP contribution < -0.4 is 14.8 Å². The predicted octanol–water partition coefficient (Wildman–Crippen LogP) is 2.42. The highest BCUT2D eigenvalue weighted by Crippen LogP contribution is 2.30. The number of carboxylic acid groups (broad SMARTS) is 1. The van der Waals surface area contributed by atoms with Crippen molar-refractivity contribution >= 4 is 12.4 Å². The van der Waals surface area contributed by atoms with Gasteiger partial charge in [-0.3, -0.25) is 0 Å². The number of nitrogens with one attached hydrogen (secondary N) is 1. The van der Waals surface area contributed by atoms with E-state index < -0.39 is 6.09 Å². The van der Waals surface area contributed by atoms with Gasteiger partial charge in [0.1, 0.15) is 17.8 Å². The molecule has 0 aromatic heterocycles. The number of benzene rings is 1. The number of aldehydes is 1. The summed E-state index contributed by atoms with van der Waals surface area (Å²) in [5.41, 5.74) is 1.85. The van der Waals surface area contributed by atoms with Gasteiger partial charge < -0.3 is 24.7 Å². The molecule has 0 radical (unpaired) electrons. The van der Waals surface area contributed by atoms with Gasteiger partial charge in [-0.1, -0.05) is 0 Å². The van der Waals surface area contributed by atoms with Crippen LogP contribution in [0, 0.1) is 0 Å². The maximum Gasteiger partial charge on any atom is 0.404 e. The minimum Gasteiger partial charge on any atom is -0.496 e. The van der Waals surface area contributed by atoms with E-state index in [2.05, 4.69) is 5.32 Å². The molecule has 1 atom stereocenters. The van der Waals surface area contributed by atoms with Gasteiger partial charge in [-0.25, -0.2) is 4.79 Å². The van der Waals surface area contributed by atoms with Crippen molar-refractivity contribution in [1.82, 2.24) is 5.32 Å². The minimum atomic E-state index is -1.05. The molecule has 0 aliphatic carbocycles. The zero-order valence-electron chi connectivity index (χ0n) is 13.2. The Balaban J connectivity index is 2.97. The first-order valence-electron chi connectivity index (χ1n) is 7.18. The quantitative estimate of drug-likeness (QED) is 0.540. The molecular formula is C16H23NO5. The molecule has 1 aromatic carbocycles. The second-order valence-electron chi connectivity index (χ2n) is 5.09. The molecule has 0 saturated heterocycles. The van der Waals surface area contributed by atoms with E-state index >= 15 is 0 Å². The van der Waals surface area contributed by atoms with Crippen LogP contribution in [0.3, 0.4) is 0 Å². The molecule has 1 unspecified atom stereocenters. The molecule has 0 saturated carbocycles. The maximum absolute atomic E-state index is 10.7. The predicted molar refractivity (Wildman–Crippen MR) is 82.9 cm³/mol. The fraction of sp³-hybridized carbons (Fsp3) is 0.500. The normalized spacial score (nSPS) is 11.6. The molecule has 1 amide bonds. The van der Waals surface area contributed by atoms with E-state index in [9.17, 15) is 9.59 Å². The summed E-state index contributed by atoms with van der Waals surface area (Å²) >= 11 is 0. The van der Waals surface area contributed by atoms with Crippen LogP contribution in [0.2, 0.25) is 0 Å². The maximum atomic E-state index is 10.7. The van der Waals surface area contributed by atoms with Crippen molar-refractivity contribution in [3.05, 3.63) is 23.3 Å². The number of hydrogen-bond acceptors (Lipinski definition) is 4. The molecule has 0 bridgehead atoms. The summed E-state index contributed by atoms with van der Waals surface area (Å²) in [6, 6.07) is 3.53. The summed E-state index contributed by atoms with van der Waals surface area (Å²) in [6.07, 6.45) is 2.33. The minimum absolute atomic E-state index is 0.239. The summed E-state index contributed by atoms with van der Waals surface area (Å²) in [5.74, 6) is 1.42. The molecule has 6 heteroatoms. The molecule has 0 aliphatic heterocycles. The Morgan fingerprint density at radius 1 is 1.27 bits per heavy atom. The second kappa shape index (κ2) is 8.92. The van der Waals surface area contributed by atoms with Gasteiger partial charge in [0, 0.05) is 12.5 Å². The molecule has 1 aromatic rings. The summed E-state index contributed by atoms with van der Waals surface area (Å²) in [5, 5.41) is 11.2. The van der Waals surface area contributed by atoms with Crippen LogP contribution in [0.1, 0.15) is 30.9 Å². The van der Waals surface area contributed by atoms with Crippen molar-refractivity contribution in [2.75, 3.05) is 14.2 Å². The first kappa shape index (κ1) is 17.8. The van der Waals surface area contributed by atoms with Crippen molar-refractivity contribution in [1.29, 1.82) is 0 Å². The lowest BCUT2D eigenvalue weighted by molar-refractivity contribution is -0.107. The number of amides is 1. The van der Waals surface area contributed by atoms with Crippen molar-refractivity contribution in [2.45, 2.75) is 38.6 Å². The molecule has 122 valence electrons. The molecule has 0 fully saturated rings. The standard InChI is InChI=1S/C16H23NO5/c1-11(17-16(19)20)8-13-10-14(21-2)12(6-4-5-7-18)9-15(13)22-3/h7,9-11,17H,4-6,8H2,1-3H3,(H,19,20). The van der Waals surface area contributed by atoms with Gasteiger partial charge in [0.05, 0.1) is 14.2 Å². The molecule has 0 spiro atoms. The summed E-state index contributed by atoms with van der Waals surface area (Å²) in [6.45, 7) is 1.79. The van der Waals surface area contributed by atoms with Gasteiger partial charge >= 0.3 is 6.09 Å². The highest BCUT2D eigenvalue weighted by Gasteiger charge is 2.14. The van der Waals surface area contributed by atoms with Crippen molar-refractivity contribution in [3.8, 4) is 11.5 Å². The lowest BCUT2D eigenvalue weighted by Gasteiger charge is -2.17. The Morgan fingerprint density at radius 3 is 2.41 bits per heavy atom. The SMILES string of the molecule is COc1cc(CC(C)NC(=O)O)c(OC)cc1CCCC=O. The number of ether oxygens (including phenoxy) is 2. The number of unbranched alkanes of at least 4 members (excludes halogenated alkanes) is 1. The van der Waals surface area contributed by atoms with Crippen molar-refractivity contribution in [3.63, 3.8) is 0 Å². The Kier molecular flexibility index (Phi) is 7.22. The van der Waals surface area contributed by atoms with E-state index in [1.54, 1.807) is 21.1 Å². The molecule has 6 nitrogen and oxygen atoms in total. The first-order valence-corrected chi connectivity index (χ1v) is 7.18. The van der Waals surface area contributed by atoms with Crippen LogP contribution in [0.4, 0.5) is 4.79 Å². The van der Waals surface area contributed by atoms with E-state index in [0.717, 1.165) is 36.0 Å². The number of hydrogen-bond donors (Lipinski definition) is 2. The fourth-order valence-electron chi connectivity index (χ4n) is 2.35. The molecule has 22 heavy (non-hydrogen) atoms. The number of carbonyl (C=O) groups is 2. The molecule has 1 rings (SSSR count). The average Bonchev–Trinajstić information content (AvgIpc) is 2.47. The third-order valence-electron chi connectivity index (χ3n) is 3.35. The Bertz CT molecular complexity index is 516. The highest BCUT2D eigenvalue weighted by molar-refractivity contribution is 5.64. The van der Waals surface area contributed by atoms with E-state index in [-0.39, 0.29) is 6.04 Å². The first-order chi connectivity index (χ1) is 10.5. The van der Waals surface area contributed by atoms with Gasteiger partial charge in [-0.15, -0.1) is 0 Å². The summed E-state index contributed by atoms with van der Waals surface area (Å²) in [7, 11) is 3.17. The number of aryl methyl sites for hydroxylation is 1. The van der Waals surface area contributed by atoms with Crippen molar-refractivity contribution in [2.24, 2.45) is 0 Å². The zero-order chi connectivity index (χ0) is 16.5. The molecular weight excluding hydrogens is 286 g/mol. The summed E-state index contributed by atoms with van der Waals surface area (Å²) in [4.78, 5) is 21.1. The van der Waals surface area contributed by atoms with E-state index in [1.165, 1.54) is 0 Å². The van der Waals surface area contributed by atoms with Crippen LogP contribution in [-0.2, 0) is 17.6 Å². The topological polar surface area (TPSA) is 84.9 Å². The Hall–Kier alpha value is -2.24. The Labute approximate surface area is 130 Å². The van der Waals surface area contributed by atoms with Gasteiger partial charge in [0.25, 0.3) is 0 Å².